The summed E-state index contributed by atoms with van der Waals surface area (Å²) >= 11 is 12.9. The van der Waals surface area contributed by atoms with E-state index in [1.165, 1.54) is 16.8 Å². The molecule has 0 heterocycles. The van der Waals surface area contributed by atoms with Crippen LogP contribution in [0.25, 0.3) is 0 Å². The van der Waals surface area contributed by atoms with Gasteiger partial charge in [-0.1, -0.05) is 76.9 Å². The van der Waals surface area contributed by atoms with Crippen molar-refractivity contribution in [3.05, 3.63) is 76.1 Å². The van der Waals surface area contributed by atoms with E-state index in [0.717, 1.165) is 30.6 Å². The standard InChI is InChI=1S/C26H33Cl2N/c1-25(2,3)18-9-7-11-22(13-18)29(24-16-20(27)15-21(28)17-24)23-12-8-10-19(14-23)26(4,5)6/h7,9,11-16,21H,8,10,17H2,1-6H3. The third kappa shape index (κ3) is 5.38. The molecular formula is C26H33Cl2N. The van der Waals surface area contributed by atoms with Crippen molar-refractivity contribution >= 4 is 28.9 Å². The summed E-state index contributed by atoms with van der Waals surface area (Å²) in [5, 5.41) is 0.616. The van der Waals surface area contributed by atoms with Crippen molar-refractivity contribution in [1.82, 2.24) is 0 Å². The maximum absolute atomic E-state index is 6.52. The molecule has 0 saturated heterocycles. The maximum atomic E-state index is 6.52. The Balaban J connectivity index is 2.13. The van der Waals surface area contributed by atoms with Crippen LogP contribution in [0.4, 0.5) is 5.69 Å². The summed E-state index contributed by atoms with van der Waals surface area (Å²) < 4.78 is 0. The first-order chi connectivity index (χ1) is 13.4. The molecule has 1 aromatic carbocycles. The molecule has 2 aliphatic carbocycles. The predicted molar refractivity (Wildman–Crippen MR) is 129 cm³/mol. The van der Waals surface area contributed by atoms with Crippen LogP contribution in [0.5, 0.6) is 0 Å². The molecule has 0 aromatic heterocycles. The highest BCUT2D eigenvalue weighted by Crippen LogP contribution is 2.39. The van der Waals surface area contributed by atoms with Gasteiger partial charge in [-0.2, -0.15) is 0 Å². The smallest absolute Gasteiger partial charge is 0.0588 e. The summed E-state index contributed by atoms with van der Waals surface area (Å²) in [6.45, 7) is 13.6. The van der Waals surface area contributed by atoms with E-state index in [1.54, 1.807) is 0 Å². The molecule has 0 bridgehead atoms. The molecule has 0 radical (unpaired) electrons. The van der Waals surface area contributed by atoms with Gasteiger partial charge in [0.05, 0.1) is 5.38 Å². The van der Waals surface area contributed by atoms with Crippen LogP contribution in [0.1, 0.15) is 66.4 Å². The number of nitrogens with zero attached hydrogens (tertiary/aromatic N) is 1. The minimum absolute atomic E-state index is 0.0859. The summed E-state index contributed by atoms with van der Waals surface area (Å²) in [6, 6.07) is 8.85. The molecule has 29 heavy (non-hydrogen) atoms. The van der Waals surface area contributed by atoms with Crippen LogP contribution in [-0.2, 0) is 5.41 Å². The summed E-state index contributed by atoms with van der Waals surface area (Å²) in [5.74, 6) is 0. The normalized spacial score (nSPS) is 20.5. The summed E-state index contributed by atoms with van der Waals surface area (Å²) in [5.41, 5.74) is 6.56. The van der Waals surface area contributed by atoms with Crippen LogP contribution in [-0.4, -0.2) is 5.38 Å². The van der Waals surface area contributed by atoms with E-state index < -0.39 is 0 Å². The molecule has 0 aliphatic heterocycles. The Labute approximate surface area is 186 Å². The summed E-state index contributed by atoms with van der Waals surface area (Å²) in [4.78, 5) is 2.35. The zero-order valence-electron chi connectivity index (χ0n) is 18.5. The molecule has 2 aliphatic rings. The molecule has 0 amide bonds. The zero-order valence-corrected chi connectivity index (χ0v) is 20.0. The number of allylic oxidation sites excluding steroid dienone is 7. The molecule has 3 heteroatoms. The number of halogens is 2. The Kier molecular flexibility index (Phi) is 6.41. The van der Waals surface area contributed by atoms with E-state index in [0.29, 0.717) is 5.03 Å². The quantitative estimate of drug-likeness (QED) is 0.435. The third-order valence-electron chi connectivity index (χ3n) is 5.62. The molecule has 3 rings (SSSR count). The van der Waals surface area contributed by atoms with Crippen molar-refractivity contribution in [3.63, 3.8) is 0 Å². The van der Waals surface area contributed by atoms with Gasteiger partial charge in [-0.05, 0) is 59.6 Å². The molecule has 0 spiro atoms. The molecule has 0 saturated carbocycles. The fraction of sp³-hybridized carbons (Fsp3) is 0.462. The van der Waals surface area contributed by atoms with E-state index in [9.17, 15) is 0 Å². The SMILES string of the molecule is CC(C)(C)C1=CC(N(C2=CC(Cl)=CC(Cl)C2)c2cccc(C(C)(C)C)c2)=CCC1. The first-order valence-electron chi connectivity index (χ1n) is 10.5. The van der Waals surface area contributed by atoms with E-state index in [1.807, 2.05) is 6.08 Å². The number of anilines is 1. The second-order valence-electron chi connectivity index (χ2n) is 10.1. The molecule has 1 aromatic rings. The van der Waals surface area contributed by atoms with Crippen LogP contribution >= 0.6 is 23.2 Å². The van der Waals surface area contributed by atoms with Crippen LogP contribution in [0, 0.1) is 5.41 Å². The number of alkyl halides is 1. The van der Waals surface area contributed by atoms with E-state index in [-0.39, 0.29) is 16.2 Å². The topological polar surface area (TPSA) is 3.24 Å². The Morgan fingerprint density at radius 1 is 1.00 bits per heavy atom. The molecule has 156 valence electrons. The van der Waals surface area contributed by atoms with Crippen molar-refractivity contribution in [2.24, 2.45) is 5.41 Å². The highest BCUT2D eigenvalue weighted by molar-refractivity contribution is 6.32. The lowest BCUT2D eigenvalue weighted by molar-refractivity contribution is 0.480. The maximum Gasteiger partial charge on any atom is 0.0588 e. The lowest BCUT2D eigenvalue weighted by Gasteiger charge is -2.35. The van der Waals surface area contributed by atoms with Crippen LogP contribution in [0.2, 0.25) is 0 Å². The minimum Gasteiger partial charge on any atom is -0.314 e. The summed E-state index contributed by atoms with van der Waals surface area (Å²) in [6.07, 6.45) is 11.6. The fourth-order valence-corrected chi connectivity index (χ4v) is 4.51. The fourth-order valence-electron chi connectivity index (χ4n) is 3.88. The minimum atomic E-state index is -0.0916. The van der Waals surface area contributed by atoms with Crippen LogP contribution < -0.4 is 4.90 Å². The van der Waals surface area contributed by atoms with Crippen molar-refractivity contribution in [2.75, 3.05) is 4.90 Å². The van der Waals surface area contributed by atoms with Crippen LogP contribution in [0.3, 0.4) is 0 Å². The van der Waals surface area contributed by atoms with Gasteiger partial charge < -0.3 is 4.90 Å². The van der Waals surface area contributed by atoms with E-state index >= 15 is 0 Å². The van der Waals surface area contributed by atoms with Gasteiger partial charge in [-0.15, -0.1) is 11.6 Å². The first-order valence-corrected chi connectivity index (χ1v) is 11.3. The number of hydrogen-bond acceptors (Lipinski definition) is 1. The van der Waals surface area contributed by atoms with Gasteiger partial charge in [0, 0.05) is 28.5 Å². The average molecular weight is 430 g/mol. The van der Waals surface area contributed by atoms with Gasteiger partial charge in [0.25, 0.3) is 0 Å². The molecule has 0 fully saturated rings. The van der Waals surface area contributed by atoms with Gasteiger partial charge in [0.1, 0.15) is 0 Å². The lowest BCUT2D eigenvalue weighted by Crippen LogP contribution is -2.26. The van der Waals surface area contributed by atoms with Crippen LogP contribution in [0.15, 0.2) is 70.6 Å². The number of hydrogen-bond donors (Lipinski definition) is 0. The molecule has 0 N–H and O–H groups in total. The van der Waals surface area contributed by atoms with E-state index in [4.69, 9.17) is 23.2 Å². The number of benzene rings is 1. The predicted octanol–water partition coefficient (Wildman–Crippen LogP) is 8.46. The second-order valence-corrected chi connectivity index (χ2v) is 11.1. The highest BCUT2D eigenvalue weighted by Gasteiger charge is 2.26. The van der Waals surface area contributed by atoms with Crippen molar-refractivity contribution in [3.8, 4) is 0 Å². The Bertz CT molecular complexity index is 888. The first kappa shape index (κ1) is 22.2. The van der Waals surface area contributed by atoms with Crippen molar-refractivity contribution in [2.45, 2.75) is 71.6 Å². The third-order valence-corrected chi connectivity index (χ3v) is 6.13. The zero-order chi connectivity index (χ0) is 21.4. The average Bonchev–Trinajstić information content (AvgIpc) is 2.60. The second kappa shape index (κ2) is 8.36. The largest absolute Gasteiger partial charge is 0.314 e. The van der Waals surface area contributed by atoms with Gasteiger partial charge >= 0.3 is 0 Å². The van der Waals surface area contributed by atoms with Gasteiger partial charge in [0.15, 0.2) is 0 Å². The molecular weight excluding hydrogens is 397 g/mol. The van der Waals surface area contributed by atoms with E-state index in [2.05, 4.69) is 88.9 Å². The Morgan fingerprint density at radius 3 is 2.34 bits per heavy atom. The number of rotatable bonds is 3. The highest BCUT2D eigenvalue weighted by atomic mass is 35.5. The molecule has 1 atom stereocenters. The monoisotopic (exact) mass is 429 g/mol. The Morgan fingerprint density at radius 2 is 1.72 bits per heavy atom. The molecule has 1 unspecified atom stereocenters. The van der Waals surface area contributed by atoms with Crippen molar-refractivity contribution in [1.29, 1.82) is 0 Å². The van der Waals surface area contributed by atoms with Crippen molar-refractivity contribution < 1.29 is 0 Å². The van der Waals surface area contributed by atoms with Gasteiger partial charge in [-0.25, -0.2) is 0 Å². The van der Waals surface area contributed by atoms with Gasteiger partial charge in [0.2, 0.25) is 0 Å². The van der Waals surface area contributed by atoms with Gasteiger partial charge in [-0.3, -0.25) is 0 Å². The molecule has 1 nitrogen and oxygen atoms in total. The Hall–Kier alpha value is -1.44. The summed E-state index contributed by atoms with van der Waals surface area (Å²) in [7, 11) is 0. The lowest BCUT2D eigenvalue weighted by atomic mass is 9.81.